The molecule has 1 saturated heterocycles. The zero-order chi connectivity index (χ0) is 18.6. The summed E-state index contributed by atoms with van der Waals surface area (Å²) in [6, 6.07) is 3.27. The Morgan fingerprint density at radius 3 is 2.69 bits per heavy atom. The molecule has 1 aliphatic heterocycles. The summed E-state index contributed by atoms with van der Waals surface area (Å²) in [7, 11) is -3.30. The van der Waals surface area contributed by atoms with E-state index in [0.717, 1.165) is 25.8 Å². The molecule has 7 nitrogen and oxygen atoms in total. The van der Waals surface area contributed by atoms with E-state index in [-0.39, 0.29) is 11.8 Å². The van der Waals surface area contributed by atoms with E-state index in [1.165, 1.54) is 6.26 Å². The number of nitrogens with zero attached hydrogens (tertiary/aromatic N) is 4. The van der Waals surface area contributed by atoms with Crippen LogP contribution in [-0.4, -0.2) is 53.1 Å². The molecule has 0 bridgehead atoms. The van der Waals surface area contributed by atoms with Crippen molar-refractivity contribution in [2.45, 2.75) is 43.0 Å². The van der Waals surface area contributed by atoms with E-state index in [2.05, 4.69) is 9.97 Å². The number of imidazole rings is 1. The fourth-order valence-corrected chi connectivity index (χ4v) is 4.34. The average molecular weight is 376 g/mol. The van der Waals surface area contributed by atoms with Crippen molar-refractivity contribution in [2.24, 2.45) is 0 Å². The van der Waals surface area contributed by atoms with Crippen molar-refractivity contribution in [3.63, 3.8) is 0 Å². The molecule has 2 aromatic rings. The molecule has 140 valence electrons. The van der Waals surface area contributed by atoms with Gasteiger partial charge >= 0.3 is 0 Å². The molecule has 0 atom stereocenters. The lowest BCUT2D eigenvalue weighted by Crippen LogP contribution is -2.38. The number of carbonyl (C=O) groups is 1. The molecule has 0 unspecified atom stereocenters. The van der Waals surface area contributed by atoms with Crippen LogP contribution in [0.5, 0.6) is 0 Å². The fraction of sp³-hybridized carbons (Fsp3) is 0.500. The Balaban J connectivity index is 1.54. The number of hydrogen-bond donors (Lipinski definition) is 0. The number of aryl methyl sites for hydroxylation is 1. The van der Waals surface area contributed by atoms with Gasteiger partial charge in [0.2, 0.25) is 5.91 Å². The first-order valence-corrected chi connectivity index (χ1v) is 10.7. The van der Waals surface area contributed by atoms with Crippen LogP contribution < -0.4 is 0 Å². The van der Waals surface area contributed by atoms with E-state index in [1.807, 2.05) is 15.7 Å². The third kappa shape index (κ3) is 4.49. The Bertz CT molecular complexity index is 841. The van der Waals surface area contributed by atoms with Crippen LogP contribution in [0.15, 0.2) is 41.9 Å². The summed E-state index contributed by atoms with van der Waals surface area (Å²) in [5, 5.41) is 0. The lowest BCUT2D eigenvalue weighted by atomic mass is 9.92. The van der Waals surface area contributed by atoms with Gasteiger partial charge in [-0.05, 0) is 31.4 Å². The van der Waals surface area contributed by atoms with Crippen LogP contribution in [0.1, 0.15) is 37.3 Å². The van der Waals surface area contributed by atoms with Crippen molar-refractivity contribution in [1.29, 1.82) is 0 Å². The van der Waals surface area contributed by atoms with Gasteiger partial charge in [-0.25, -0.2) is 13.4 Å². The summed E-state index contributed by atoms with van der Waals surface area (Å²) in [4.78, 5) is 22.9. The van der Waals surface area contributed by atoms with E-state index in [4.69, 9.17) is 0 Å². The van der Waals surface area contributed by atoms with Crippen molar-refractivity contribution < 1.29 is 13.2 Å². The molecular weight excluding hydrogens is 352 g/mol. The summed E-state index contributed by atoms with van der Waals surface area (Å²) in [6.07, 6.45) is 11.0. The van der Waals surface area contributed by atoms with Gasteiger partial charge in [0.1, 0.15) is 0 Å². The molecule has 1 amide bonds. The molecule has 0 spiro atoms. The SMILES string of the molecule is CS(=O)(=O)c1cccnc1C1CCN(C(=O)CCCn2ccnc2)CC1. The number of rotatable bonds is 6. The van der Waals surface area contributed by atoms with E-state index in [9.17, 15) is 13.2 Å². The first-order valence-electron chi connectivity index (χ1n) is 8.83. The highest BCUT2D eigenvalue weighted by atomic mass is 32.2. The molecule has 0 aliphatic carbocycles. The van der Waals surface area contributed by atoms with Gasteiger partial charge in [0.05, 0.1) is 16.9 Å². The summed E-state index contributed by atoms with van der Waals surface area (Å²) in [6.45, 7) is 2.08. The highest BCUT2D eigenvalue weighted by Crippen LogP contribution is 2.31. The number of likely N-dealkylation sites (tertiary alicyclic amines) is 1. The van der Waals surface area contributed by atoms with Crippen LogP contribution in [0.25, 0.3) is 0 Å². The van der Waals surface area contributed by atoms with Crippen molar-refractivity contribution >= 4 is 15.7 Å². The highest BCUT2D eigenvalue weighted by Gasteiger charge is 2.27. The van der Waals surface area contributed by atoms with Crippen LogP contribution >= 0.6 is 0 Å². The maximum atomic E-state index is 12.4. The minimum absolute atomic E-state index is 0.0796. The Labute approximate surface area is 154 Å². The van der Waals surface area contributed by atoms with E-state index >= 15 is 0 Å². The quantitative estimate of drug-likeness (QED) is 0.768. The number of amides is 1. The monoisotopic (exact) mass is 376 g/mol. The maximum Gasteiger partial charge on any atom is 0.222 e. The minimum Gasteiger partial charge on any atom is -0.343 e. The van der Waals surface area contributed by atoms with E-state index in [0.29, 0.717) is 30.1 Å². The molecule has 1 fully saturated rings. The van der Waals surface area contributed by atoms with Gasteiger partial charge in [-0.2, -0.15) is 0 Å². The number of pyridine rings is 1. The van der Waals surface area contributed by atoms with Crippen molar-refractivity contribution in [2.75, 3.05) is 19.3 Å². The molecule has 26 heavy (non-hydrogen) atoms. The third-order valence-electron chi connectivity index (χ3n) is 4.80. The van der Waals surface area contributed by atoms with Gasteiger partial charge in [0.15, 0.2) is 9.84 Å². The molecule has 8 heteroatoms. The van der Waals surface area contributed by atoms with Crippen molar-refractivity contribution in [3.8, 4) is 0 Å². The number of carbonyl (C=O) groups excluding carboxylic acids is 1. The fourth-order valence-electron chi connectivity index (χ4n) is 3.42. The minimum atomic E-state index is -3.30. The van der Waals surface area contributed by atoms with Crippen molar-refractivity contribution in [1.82, 2.24) is 19.4 Å². The van der Waals surface area contributed by atoms with Crippen LogP contribution in [0, 0.1) is 0 Å². The summed E-state index contributed by atoms with van der Waals surface area (Å²) >= 11 is 0. The zero-order valence-electron chi connectivity index (χ0n) is 14.9. The Morgan fingerprint density at radius 1 is 1.27 bits per heavy atom. The van der Waals surface area contributed by atoms with E-state index in [1.54, 1.807) is 30.9 Å². The molecular formula is C18H24N4O3S. The predicted molar refractivity (Wildman–Crippen MR) is 97.4 cm³/mol. The number of aromatic nitrogens is 3. The number of hydrogen-bond acceptors (Lipinski definition) is 5. The molecule has 0 radical (unpaired) electrons. The van der Waals surface area contributed by atoms with Gasteiger partial charge in [0, 0.05) is 56.8 Å². The summed E-state index contributed by atoms with van der Waals surface area (Å²) in [5.74, 6) is 0.240. The predicted octanol–water partition coefficient (Wildman–Crippen LogP) is 1.87. The molecule has 0 N–H and O–H groups in total. The number of piperidine rings is 1. The van der Waals surface area contributed by atoms with E-state index < -0.39 is 9.84 Å². The third-order valence-corrected chi connectivity index (χ3v) is 5.94. The largest absolute Gasteiger partial charge is 0.343 e. The molecule has 3 heterocycles. The molecule has 3 rings (SSSR count). The van der Waals surface area contributed by atoms with Gasteiger partial charge in [-0.1, -0.05) is 0 Å². The molecule has 1 aliphatic rings. The van der Waals surface area contributed by atoms with Crippen LogP contribution in [-0.2, 0) is 21.2 Å². The normalized spacial score (nSPS) is 16.0. The standard InChI is InChI=1S/C18H24N4O3S/c1-26(24,25)16-4-2-8-20-18(16)15-6-11-22(12-7-15)17(23)5-3-10-21-13-9-19-14-21/h2,4,8-9,13-15H,3,5-7,10-12H2,1H3. The number of sulfone groups is 1. The average Bonchev–Trinajstić information content (AvgIpc) is 3.14. The highest BCUT2D eigenvalue weighted by molar-refractivity contribution is 7.90. The lowest BCUT2D eigenvalue weighted by molar-refractivity contribution is -0.132. The second-order valence-electron chi connectivity index (χ2n) is 6.72. The van der Waals surface area contributed by atoms with Crippen LogP contribution in [0.4, 0.5) is 0 Å². The second kappa shape index (κ2) is 7.99. The van der Waals surface area contributed by atoms with Gasteiger partial charge in [-0.3, -0.25) is 9.78 Å². The van der Waals surface area contributed by atoms with Crippen LogP contribution in [0.3, 0.4) is 0 Å². The Morgan fingerprint density at radius 2 is 2.04 bits per heavy atom. The molecule has 0 saturated carbocycles. The van der Waals surface area contributed by atoms with Gasteiger partial charge in [0.25, 0.3) is 0 Å². The summed E-state index contributed by atoms with van der Waals surface area (Å²) < 4.78 is 25.9. The smallest absolute Gasteiger partial charge is 0.222 e. The zero-order valence-corrected chi connectivity index (χ0v) is 15.7. The summed E-state index contributed by atoms with van der Waals surface area (Å²) in [5.41, 5.74) is 0.641. The van der Waals surface area contributed by atoms with Crippen LogP contribution in [0.2, 0.25) is 0 Å². The Hall–Kier alpha value is -2.22. The molecule has 0 aromatic carbocycles. The van der Waals surface area contributed by atoms with Crippen molar-refractivity contribution in [3.05, 3.63) is 42.7 Å². The topological polar surface area (TPSA) is 85.2 Å². The first-order chi connectivity index (χ1) is 12.4. The first kappa shape index (κ1) is 18.6. The van der Waals surface area contributed by atoms with Gasteiger partial charge < -0.3 is 9.47 Å². The van der Waals surface area contributed by atoms with Gasteiger partial charge in [-0.15, -0.1) is 0 Å². The maximum absolute atomic E-state index is 12.4. The lowest BCUT2D eigenvalue weighted by Gasteiger charge is -2.32. The molecule has 2 aromatic heterocycles. The second-order valence-corrected chi connectivity index (χ2v) is 8.70. The Kier molecular flexibility index (Phi) is 5.70.